The predicted octanol–water partition coefficient (Wildman–Crippen LogP) is 21.6. The second kappa shape index (κ2) is 62.2. The second-order valence-electron chi connectivity index (χ2n) is 24.5. The van der Waals surface area contributed by atoms with E-state index >= 15 is 0 Å². The summed E-state index contributed by atoms with van der Waals surface area (Å²) in [6, 6.07) is 0. The number of hydrogen-bond donors (Lipinski definition) is 0. The standard InChI is InChI=1S/C71H132NO8P/c1-6-8-10-12-14-16-18-20-22-24-25-26-27-28-29-30-31-32-33-34-35-36-37-38-39-40-41-42-43-44-45-46-48-49-51-53-55-57-59-61-63-70(73)77-67-69(68-79-81(75,76)78-66-65-72(3,4)5)80-71(74)64-62-60-58-56-54-52-50-47-23-21-19-17-15-13-11-9-7-2/h9,11,15,17,21,23,50,52,56,58,69H,6-8,10,12-14,16,18-20,22,24-49,51,53-55,57,59-68H2,1-5H3/b11-9-,17-15-,23-21-,52-50-,58-56-. The highest BCUT2D eigenvalue weighted by atomic mass is 31.2. The highest BCUT2D eigenvalue weighted by Gasteiger charge is 2.22. The molecule has 0 aromatic heterocycles. The first kappa shape index (κ1) is 78.7. The van der Waals surface area contributed by atoms with Gasteiger partial charge < -0.3 is 27.9 Å². The Labute approximate surface area is 502 Å². The van der Waals surface area contributed by atoms with Crippen LogP contribution in [0.3, 0.4) is 0 Å². The summed E-state index contributed by atoms with van der Waals surface area (Å²) in [5.74, 6) is -0.892. The molecular formula is C71H132NO8P. The number of carbonyl (C=O) groups excluding carboxylic acids is 2. The van der Waals surface area contributed by atoms with Crippen molar-refractivity contribution in [1.29, 1.82) is 0 Å². The maximum Gasteiger partial charge on any atom is 0.306 e. The third-order valence-corrected chi connectivity index (χ3v) is 16.3. The van der Waals surface area contributed by atoms with Gasteiger partial charge in [0.05, 0.1) is 27.7 Å². The van der Waals surface area contributed by atoms with E-state index in [9.17, 15) is 19.0 Å². The van der Waals surface area contributed by atoms with E-state index in [1.807, 2.05) is 27.2 Å². The zero-order valence-corrected chi connectivity index (χ0v) is 54.9. The number of carbonyl (C=O) groups is 2. The quantitative estimate of drug-likeness (QED) is 0.0195. The Bertz CT molecular complexity index is 1550. The van der Waals surface area contributed by atoms with Gasteiger partial charge in [-0.25, -0.2) is 0 Å². The molecule has 0 saturated carbocycles. The van der Waals surface area contributed by atoms with Gasteiger partial charge in [-0.05, 0) is 51.4 Å². The first-order chi connectivity index (χ1) is 39.5. The Morgan fingerprint density at radius 3 is 1.04 bits per heavy atom. The van der Waals surface area contributed by atoms with Gasteiger partial charge in [0.15, 0.2) is 6.10 Å². The lowest BCUT2D eigenvalue weighted by Gasteiger charge is -2.28. The molecule has 0 aromatic carbocycles. The smallest absolute Gasteiger partial charge is 0.306 e. The molecule has 0 aromatic rings. The molecule has 0 amide bonds. The first-order valence-corrected chi connectivity index (χ1v) is 36.0. The SMILES string of the molecule is CC/C=C\C/C=C\C/C=C\C/C=C\C/C=C\CCCC(=O)OC(COC(=O)CCCCCCCCCCCCCCCCCCCCCCCCCCCCCCCCCCCCCCCCCC)COP(=O)([O-])OCC[N+](C)(C)C. The molecule has 2 unspecified atom stereocenters. The summed E-state index contributed by atoms with van der Waals surface area (Å²) in [4.78, 5) is 37.9. The molecule has 2 atom stereocenters. The van der Waals surface area contributed by atoms with Crippen LogP contribution < -0.4 is 4.89 Å². The Balaban J connectivity index is 3.89. The molecule has 10 heteroatoms. The van der Waals surface area contributed by atoms with Gasteiger partial charge in [-0.2, -0.15) is 0 Å². The largest absolute Gasteiger partial charge is 0.756 e. The van der Waals surface area contributed by atoms with Crippen molar-refractivity contribution in [3.8, 4) is 0 Å². The summed E-state index contributed by atoms with van der Waals surface area (Å²) in [6.07, 6.45) is 82.1. The Morgan fingerprint density at radius 1 is 0.395 bits per heavy atom. The van der Waals surface area contributed by atoms with Crippen LogP contribution in [0.2, 0.25) is 0 Å². The molecule has 0 aliphatic carbocycles. The van der Waals surface area contributed by atoms with Crippen LogP contribution in [0.1, 0.15) is 328 Å². The molecule has 0 saturated heterocycles. The highest BCUT2D eigenvalue weighted by Crippen LogP contribution is 2.38. The van der Waals surface area contributed by atoms with Crippen LogP contribution in [0.25, 0.3) is 0 Å². The van der Waals surface area contributed by atoms with E-state index in [1.54, 1.807) is 0 Å². The second-order valence-corrected chi connectivity index (χ2v) is 25.9. The molecule has 0 bridgehead atoms. The molecule has 0 N–H and O–H groups in total. The van der Waals surface area contributed by atoms with Gasteiger partial charge in [-0.1, -0.05) is 325 Å². The molecule has 0 aliphatic heterocycles. The zero-order valence-electron chi connectivity index (χ0n) is 54.0. The summed E-state index contributed by atoms with van der Waals surface area (Å²) in [6.45, 7) is 4.10. The molecular weight excluding hydrogens is 1030 g/mol. The average molecular weight is 1160 g/mol. The number of unbranched alkanes of at least 4 members (excludes halogenated alkanes) is 40. The van der Waals surface area contributed by atoms with Gasteiger partial charge in [-0.3, -0.25) is 14.2 Å². The summed E-state index contributed by atoms with van der Waals surface area (Å²) < 4.78 is 34.1. The lowest BCUT2D eigenvalue weighted by molar-refractivity contribution is -0.870. The van der Waals surface area contributed by atoms with Crippen molar-refractivity contribution >= 4 is 19.8 Å². The van der Waals surface area contributed by atoms with Crippen molar-refractivity contribution in [1.82, 2.24) is 0 Å². The molecule has 474 valence electrons. The number of hydrogen-bond acceptors (Lipinski definition) is 8. The van der Waals surface area contributed by atoms with Crippen LogP contribution in [-0.4, -0.2) is 70.0 Å². The minimum atomic E-state index is -4.65. The van der Waals surface area contributed by atoms with Crippen molar-refractivity contribution in [3.63, 3.8) is 0 Å². The van der Waals surface area contributed by atoms with Gasteiger partial charge in [0.2, 0.25) is 0 Å². The van der Waals surface area contributed by atoms with E-state index < -0.39 is 32.5 Å². The maximum absolute atomic E-state index is 12.8. The van der Waals surface area contributed by atoms with Crippen molar-refractivity contribution in [2.45, 2.75) is 335 Å². The topological polar surface area (TPSA) is 111 Å². The molecule has 0 rings (SSSR count). The van der Waals surface area contributed by atoms with Crippen LogP contribution in [0.15, 0.2) is 60.8 Å². The summed E-state index contributed by atoms with van der Waals surface area (Å²) in [5, 5.41) is 0. The molecule has 0 spiro atoms. The van der Waals surface area contributed by atoms with E-state index in [2.05, 4.69) is 68.5 Å². The Hall–Kier alpha value is -2.29. The molecule has 0 fully saturated rings. The number of ether oxygens (including phenoxy) is 2. The number of quaternary nitrogens is 1. The van der Waals surface area contributed by atoms with Gasteiger partial charge in [0, 0.05) is 12.8 Å². The number of nitrogens with zero attached hydrogens (tertiary/aromatic N) is 1. The lowest BCUT2D eigenvalue weighted by atomic mass is 10.0. The first-order valence-electron chi connectivity index (χ1n) is 34.5. The minimum Gasteiger partial charge on any atom is -0.756 e. The number of esters is 2. The molecule has 81 heavy (non-hydrogen) atoms. The molecule has 0 radical (unpaired) electrons. The maximum atomic E-state index is 12.8. The molecule has 0 aliphatic rings. The van der Waals surface area contributed by atoms with Crippen molar-refractivity contribution in [2.75, 3.05) is 47.5 Å². The third-order valence-electron chi connectivity index (χ3n) is 15.3. The highest BCUT2D eigenvalue weighted by molar-refractivity contribution is 7.45. The van der Waals surface area contributed by atoms with Gasteiger partial charge in [0.25, 0.3) is 7.82 Å². The van der Waals surface area contributed by atoms with Crippen molar-refractivity contribution < 1.29 is 42.1 Å². The summed E-state index contributed by atoms with van der Waals surface area (Å²) >= 11 is 0. The monoisotopic (exact) mass is 1160 g/mol. The van der Waals surface area contributed by atoms with E-state index in [-0.39, 0.29) is 26.1 Å². The van der Waals surface area contributed by atoms with E-state index in [0.717, 1.165) is 51.4 Å². The number of likely N-dealkylation sites (N-methyl/N-ethyl adjacent to an activating group) is 1. The van der Waals surface area contributed by atoms with Crippen LogP contribution in [0.5, 0.6) is 0 Å². The summed E-state index contributed by atoms with van der Waals surface area (Å²) in [5.41, 5.74) is 0. The van der Waals surface area contributed by atoms with Gasteiger partial charge >= 0.3 is 11.9 Å². The van der Waals surface area contributed by atoms with Gasteiger partial charge in [0.1, 0.15) is 19.8 Å². The normalized spacial score (nSPS) is 13.5. The van der Waals surface area contributed by atoms with Crippen LogP contribution in [-0.2, 0) is 32.7 Å². The van der Waals surface area contributed by atoms with E-state index in [4.69, 9.17) is 18.5 Å². The van der Waals surface area contributed by atoms with Crippen LogP contribution >= 0.6 is 7.82 Å². The van der Waals surface area contributed by atoms with Gasteiger partial charge in [-0.15, -0.1) is 0 Å². The molecule has 0 heterocycles. The van der Waals surface area contributed by atoms with Crippen molar-refractivity contribution in [3.05, 3.63) is 60.8 Å². The fourth-order valence-corrected chi connectivity index (χ4v) is 10.8. The van der Waals surface area contributed by atoms with E-state index in [1.165, 1.54) is 238 Å². The minimum absolute atomic E-state index is 0.0423. The number of phosphoric ester groups is 1. The fourth-order valence-electron chi connectivity index (χ4n) is 10.1. The van der Waals surface area contributed by atoms with Crippen LogP contribution in [0, 0.1) is 0 Å². The zero-order chi connectivity index (χ0) is 59.1. The lowest BCUT2D eigenvalue weighted by Crippen LogP contribution is -2.37. The van der Waals surface area contributed by atoms with Crippen molar-refractivity contribution in [2.24, 2.45) is 0 Å². The fraction of sp³-hybridized carbons (Fsp3) is 0.831. The predicted molar refractivity (Wildman–Crippen MR) is 347 cm³/mol. The number of rotatable bonds is 64. The Kier molecular flexibility index (Phi) is 60.5. The number of allylic oxidation sites excluding steroid dienone is 10. The van der Waals surface area contributed by atoms with E-state index in [0.29, 0.717) is 23.9 Å². The third kappa shape index (κ3) is 66.7. The summed E-state index contributed by atoms with van der Waals surface area (Å²) in [7, 11) is 1.13. The Morgan fingerprint density at radius 2 is 0.704 bits per heavy atom. The number of phosphoric acid groups is 1. The molecule has 9 nitrogen and oxygen atoms in total. The average Bonchev–Trinajstić information content (AvgIpc) is 3.43. The van der Waals surface area contributed by atoms with Crippen LogP contribution in [0.4, 0.5) is 0 Å².